The van der Waals surface area contributed by atoms with Crippen LogP contribution in [0.1, 0.15) is 30.1 Å². The molecule has 2 nitrogen and oxygen atoms in total. The zero-order chi connectivity index (χ0) is 11.5. The second-order valence-electron chi connectivity index (χ2n) is 4.32. The fraction of sp³-hybridized carbons (Fsp3) is 0.583. The minimum atomic E-state index is 0.196. The Morgan fingerprint density at radius 1 is 1.56 bits per heavy atom. The minimum Gasteiger partial charge on any atom is -0.339 e. The number of nitrogens with zero attached hydrogens (tertiary/aromatic N) is 1. The lowest BCUT2D eigenvalue weighted by Crippen LogP contribution is -2.39. The van der Waals surface area contributed by atoms with Crippen molar-refractivity contribution < 1.29 is 4.79 Å². The van der Waals surface area contributed by atoms with Gasteiger partial charge in [-0.15, -0.1) is 0 Å². The van der Waals surface area contributed by atoms with Gasteiger partial charge in [-0.25, -0.2) is 0 Å². The summed E-state index contributed by atoms with van der Waals surface area (Å²) in [4.78, 5) is 14.6. The molecule has 1 unspecified atom stereocenters. The normalized spacial score (nSPS) is 19.8. The van der Waals surface area contributed by atoms with E-state index < -0.39 is 0 Å². The molecule has 2 heterocycles. The summed E-state index contributed by atoms with van der Waals surface area (Å²) in [6.07, 6.45) is 2.23. The van der Waals surface area contributed by atoms with Crippen LogP contribution in [0.2, 0.25) is 0 Å². The van der Waals surface area contributed by atoms with Gasteiger partial charge in [0.05, 0.1) is 5.56 Å². The standard InChI is InChI=1S/C12H16BrNOS/c1-9(13)10-2-5-14(6-3-10)12(15)11-4-7-16-8-11/h4,7-10H,2-3,5-6H2,1H3. The van der Waals surface area contributed by atoms with Gasteiger partial charge in [-0.3, -0.25) is 4.79 Å². The quantitative estimate of drug-likeness (QED) is 0.767. The summed E-state index contributed by atoms with van der Waals surface area (Å²) in [6, 6.07) is 1.91. The maximum atomic E-state index is 12.1. The molecule has 1 fully saturated rings. The van der Waals surface area contributed by atoms with E-state index in [0.717, 1.165) is 31.5 Å². The molecule has 1 atom stereocenters. The van der Waals surface area contributed by atoms with Crippen molar-refractivity contribution in [3.63, 3.8) is 0 Å². The number of hydrogen-bond donors (Lipinski definition) is 0. The molecule has 1 aromatic rings. The van der Waals surface area contributed by atoms with Crippen LogP contribution in [0.5, 0.6) is 0 Å². The van der Waals surface area contributed by atoms with Crippen molar-refractivity contribution in [2.24, 2.45) is 5.92 Å². The smallest absolute Gasteiger partial charge is 0.254 e. The predicted molar refractivity (Wildman–Crippen MR) is 71.3 cm³/mol. The molecule has 1 aromatic heterocycles. The van der Waals surface area contributed by atoms with Crippen molar-refractivity contribution in [3.05, 3.63) is 22.4 Å². The Kier molecular flexibility index (Phi) is 4.03. The number of thiophene rings is 1. The van der Waals surface area contributed by atoms with Gasteiger partial charge >= 0.3 is 0 Å². The number of amides is 1. The van der Waals surface area contributed by atoms with E-state index in [4.69, 9.17) is 0 Å². The molecule has 0 bridgehead atoms. The second-order valence-corrected chi connectivity index (χ2v) is 6.54. The van der Waals surface area contributed by atoms with E-state index in [0.29, 0.717) is 10.7 Å². The molecule has 0 aliphatic carbocycles. The van der Waals surface area contributed by atoms with Crippen molar-refractivity contribution in [1.82, 2.24) is 4.90 Å². The summed E-state index contributed by atoms with van der Waals surface area (Å²) in [7, 11) is 0. The first-order chi connectivity index (χ1) is 7.68. The Morgan fingerprint density at radius 2 is 2.25 bits per heavy atom. The van der Waals surface area contributed by atoms with Gasteiger partial charge in [-0.2, -0.15) is 11.3 Å². The summed E-state index contributed by atoms with van der Waals surface area (Å²) in [5, 5.41) is 3.89. The third-order valence-electron chi connectivity index (χ3n) is 3.24. The maximum absolute atomic E-state index is 12.1. The molecule has 0 aromatic carbocycles. The number of halogens is 1. The fourth-order valence-corrected chi connectivity index (χ4v) is 3.29. The van der Waals surface area contributed by atoms with Crippen LogP contribution in [0, 0.1) is 5.92 Å². The maximum Gasteiger partial charge on any atom is 0.254 e. The molecule has 1 saturated heterocycles. The minimum absolute atomic E-state index is 0.196. The number of likely N-dealkylation sites (tertiary alicyclic amines) is 1. The number of alkyl halides is 1. The second kappa shape index (κ2) is 5.32. The Bertz CT molecular complexity index is 342. The molecule has 16 heavy (non-hydrogen) atoms. The molecule has 0 spiro atoms. The molecule has 2 rings (SSSR count). The highest BCUT2D eigenvalue weighted by molar-refractivity contribution is 9.09. The van der Waals surface area contributed by atoms with E-state index in [1.54, 1.807) is 11.3 Å². The Balaban J connectivity index is 1.92. The molecule has 1 amide bonds. The zero-order valence-electron chi connectivity index (χ0n) is 9.36. The topological polar surface area (TPSA) is 20.3 Å². The van der Waals surface area contributed by atoms with Gasteiger partial charge in [-0.05, 0) is 30.2 Å². The van der Waals surface area contributed by atoms with Gasteiger partial charge in [0, 0.05) is 23.3 Å². The van der Waals surface area contributed by atoms with E-state index in [1.807, 2.05) is 21.7 Å². The van der Waals surface area contributed by atoms with Crippen LogP contribution in [0.25, 0.3) is 0 Å². The molecule has 1 aliphatic rings. The van der Waals surface area contributed by atoms with Crippen LogP contribution >= 0.6 is 27.3 Å². The summed E-state index contributed by atoms with van der Waals surface area (Å²) in [6.45, 7) is 3.99. The molecular weight excluding hydrogens is 286 g/mol. The highest BCUT2D eigenvalue weighted by Crippen LogP contribution is 2.25. The van der Waals surface area contributed by atoms with Crippen LogP contribution in [0.15, 0.2) is 16.8 Å². The highest BCUT2D eigenvalue weighted by atomic mass is 79.9. The molecule has 0 saturated carbocycles. The van der Waals surface area contributed by atoms with Gasteiger partial charge in [-0.1, -0.05) is 22.9 Å². The first kappa shape index (κ1) is 12.1. The van der Waals surface area contributed by atoms with Gasteiger partial charge in [0.2, 0.25) is 0 Å². The van der Waals surface area contributed by atoms with Gasteiger partial charge < -0.3 is 4.90 Å². The van der Waals surface area contributed by atoms with E-state index in [-0.39, 0.29) is 5.91 Å². The first-order valence-electron chi connectivity index (χ1n) is 5.64. The molecule has 4 heteroatoms. The number of carbonyl (C=O) groups is 1. The molecule has 0 N–H and O–H groups in total. The summed E-state index contributed by atoms with van der Waals surface area (Å²) < 4.78 is 0. The van der Waals surface area contributed by atoms with Crippen molar-refractivity contribution in [2.45, 2.75) is 24.6 Å². The van der Waals surface area contributed by atoms with Crippen LogP contribution in [-0.2, 0) is 0 Å². The Hall–Kier alpha value is -0.350. The number of piperidine rings is 1. The summed E-state index contributed by atoms with van der Waals surface area (Å²) in [5.74, 6) is 0.911. The number of rotatable bonds is 2. The SMILES string of the molecule is CC(Br)C1CCN(C(=O)c2ccsc2)CC1. The Morgan fingerprint density at radius 3 is 2.75 bits per heavy atom. The van der Waals surface area contributed by atoms with Crippen LogP contribution in [0.3, 0.4) is 0 Å². The van der Waals surface area contributed by atoms with Crippen LogP contribution < -0.4 is 0 Å². The first-order valence-corrected chi connectivity index (χ1v) is 7.50. The lowest BCUT2D eigenvalue weighted by Gasteiger charge is -2.33. The van der Waals surface area contributed by atoms with E-state index in [1.165, 1.54) is 0 Å². The highest BCUT2D eigenvalue weighted by Gasteiger charge is 2.25. The third-order valence-corrected chi connectivity index (χ3v) is 4.68. The summed E-state index contributed by atoms with van der Waals surface area (Å²) >= 11 is 5.21. The molecule has 0 radical (unpaired) electrons. The largest absolute Gasteiger partial charge is 0.339 e. The lowest BCUT2D eigenvalue weighted by atomic mass is 9.94. The van der Waals surface area contributed by atoms with Gasteiger partial charge in [0.25, 0.3) is 5.91 Å². The summed E-state index contributed by atoms with van der Waals surface area (Å²) in [5.41, 5.74) is 0.843. The average molecular weight is 302 g/mol. The Labute approximate surface area is 109 Å². The van der Waals surface area contributed by atoms with Crippen molar-refractivity contribution in [2.75, 3.05) is 13.1 Å². The van der Waals surface area contributed by atoms with E-state index >= 15 is 0 Å². The van der Waals surface area contributed by atoms with Gasteiger partial charge in [0.1, 0.15) is 0 Å². The lowest BCUT2D eigenvalue weighted by molar-refractivity contribution is 0.0692. The average Bonchev–Trinajstić information content (AvgIpc) is 2.81. The zero-order valence-corrected chi connectivity index (χ0v) is 11.8. The van der Waals surface area contributed by atoms with Crippen molar-refractivity contribution in [3.8, 4) is 0 Å². The fourth-order valence-electron chi connectivity index (χ4n) is 2.13. The number of hydrogen-bond acceptors (Lipinski definition) is 2. The molecule has 1 aliphatic heterocycles. The van der Waals surface area contributed by atoms with Crippen LogP contribution in [0.4, 0.5) is 0 Å². The number of carbonyl (C=O) groups excluding carboxylic acids is 1. The van der Waals surface area contributed by atoms with Crippen molar-refractivity contribution in [1.29, 1.82) is 0 Å². The van der Waals surface area contributed by atoms with Crippen molar-refractivity contribution >= 4 is 33.2 Å². The third kappa shape index (κ3) is 2.66. The predicted octanol–water partition coefficient (Wildman–Crippen LogP) is 3.38. The van der Waals surface area contributed by atoms with E-state index in [9.17, 15) is 4.79 Å². The monoisotopic (exact) mass is 301 g/mol. The molecule has 88 valence electrons. The van der Waals surface area contributed by atoms with E-state index in [2.05, 4.69) is 22.9 Å². The van der Waals surface area contributed by atoms with Gasteiger partial charge in [0.15, 0.2) is 0 Å². The van der Waals surface area contributed by atoms with Crippen LogP contribution in [-0.4, -0.2) is 28.7 Å². The molecular formula is C12H16BrNOS.